The van der Waals surface area contributed by atoms with E-state index in [2.05, 4.69) is 5.32 Å². The van der Waals surface area contributed by atoms with Crippen LogP contribution in [0.3, 0.4) is 0 Å². The fourth-order valence-electron chi connectivity index (χ4n) is 3.51. The van der Waals surface area contributed by atoms with Gasteiger partial charge in [-0.15, -0.1) is 0 Å². The highest BCUT2D eigenvalue weighted by Gasteiger charge is 2.39. The van der Waals surface area contributed by atoms with Crippen LogP contribution < -0.4 is 10.2 Å². The number of sulfone groups is 1. The number of fused-ring (bicyclic) bond motifs is 1. The van der Waals surface area contributed by atoms with Gasteiger partial charge in [0.05, 0.1) is 28.4 Å². The van der Waals surface area contributed by atoms with Gasteiger partial charge in [0.2, 0.25) is 11.8 Å². The van der Waals surface area contributed by atoms with Gasteiger partial charge in [0.25, 0.3) is 5.91 Å². The minimum atomic E-state index is -4.25. The van der Waals surface area contributed by atoms with Crippen LogP contribution in [0.2, 0.25) is 5.02 Å². The Hall–Kier alpha value is -3.31. The first-order valence-electron chi connectivity index (χ1n) is 11.4. The summed E-state index contributed by atoms with van der Waals surface area (Å²) in [7, 11) is -4.25. The fraction of sp³-hybridized carbons (Fsp3) is 0.360. The van der Waals surface area contributed by atoms with E-state index in [1.54, 1.807) is 52.0 Å². The second-order valence-corrected chi connectivity index (χ2v) is 12.1. The molecule has 0 radical (unpaired) electrons. The second-order valence-electron chi connectivity index (χ2n) is 9.62. The van der Waals surface area contributed by atoms with Gasteiger partial charge in [0.1, 0.15) is 11.9 Å². The Labute approximate surface area is 219 Å². The summed E-state index contributed by atoms with van der Waals surface area (Å²) in [4.78, 5) is 26.4. The molecule has 2 aromatic carbocycles. The van der Waals surface area contributed by atoms with E-state index in [0.29, 0.717) is 10.6 Å². The molecule has 3 N–H and O–H groups in total. The molecule has 2 aromatic rings. The van der Waals surface area contributed by atoms with Gasteiger partial charge >= 0.3 is 0 Å². The zero-order valence-corrected chi connectivity index (χ0v) is 22.4. The highest BCUT2D eigenvalue weighted by atomic mass is 35.5. The number of hydrogen-bond acceptors (Lipinski definition) is 7. The van der Waals surface area contributed by atoms with Crippen LogP contribution in [0.5, 0.6) is 0 Å². The number of nitrogens with zero attached hydrogens (tertiary/aromatic N) is 1. The maximum atomic E-state index is 15.2. The third-order valence-corrected chi connectivity index (χ3v) is 7.69. The molecule has 0 fully saturated rings. The van der Waals surface area contributed by atoms with Crippen molar-refractivity contribution >= 4 is 50.7 Å². The molecular weight excluding hydrogens is 523 g/mol. The summed E-state index contributed by atoms with van der Waals surface area (Å²) in [6.45, 7) is 6.49. The monoisotopic (exact) mass is 550 g/mol. The van der Waals surface area contributed by atoms with Crippen LogP contribution in [-0.2, 0) is 30.7 Å². The Kier molecular flexibility index (Phi) is 8.09. The summed E-state index contributed by atoms with van der Waals surface area (Å²) in [5, 5.41) is 19.2. The average Bonchev–Trinajstić information content (AvgIpc) is 2.88. The van der Waals surface area contributed by atoms with Crippen LogP contribution in [0.15, 0.2) is 41.3 Å². The highest BCUT2D eigenvalue weighted by molar-refractivity contribution is 7.91. The molecule has 0 saturated carbocycles. The normalized spacial score (nSPS) is 17.0. The maximum absolute atomic E-state index is 15.2. The SMILES string of the molecule is CCC(=O)N[C@H]1CS(=O)(=O)c2cc(F)c(C(=N)OC(=N)C(C)(C)C)cc2N(Cc2ccc(Cl)cc2)C1=O. The zero-order chi connectivity index (χ0) is 27.7. The summed E-state index contributed by atoms with van der Waals surface area (Å²) in [5.74, 6) is -4.07. The molecule has 37 heavy (non-hydrogen) atoms. The summed E-state index contributed by atoms with van der Waals surface area (Å²) >= 11 is 5.97. The van der Waals surface area contributed by atoms with Crippen molar-refractivity contribution in [3.05, 3.63) is 58.4 Å². The first-order valence-corrected chi connectivity index (χ1v) is 13.4. The molecule has 2 amide bonds. The van der Waals surface area contributed by atoms with E-state index >= 15 is 4.39 Å². The van der Waals surface area contributed by atoms with Crippen molar-refractivity contribution in [2.75, 3.05) is 10.7 Å². The smallest absolute Gasteiger partial charge is 0.250 e. The number of rotatable bonds is 5. The number of nitrogens with one attached hydrogen (secondary N) is 3. The predicted molar refractivity (Wildman–Crippen MR) is 138 cm³/mol. The van der Waals surface area contributed by atoms with Gasteiger partial charge in [0, 0.05) is 16.9 Å². The molecule has 1 aliphatic rings. The average molecular weight is 551 g/mol. The molecule has 3 rings (SSSR count). The highest BCUT2D eigenvalue weighted by Crippen LogP contribution is 2.35. The lowest BCUT2D eigenvalue weighted by molar-refractivity contribution is -0.127. The minimum absolute atomic E-state index is 0.0287. The lowest BCUT2D eigenvalue weighted by atomic mass is 9.97. The molecule has 1 aliphatic heterocycles. The molecular formula is C25H28ClFN4O5S. The van der Waals surface area contributed by atoms with Gasteiger partial charge in [-0.05, 0) is 29.8 Å². The van der Waals surface area contributed by atoms with Crippen molar-refractivity contribution in [1.29, 1.82) is 10.8 Å². The van der Waals surface area contributed by atoms with Gasteiger partial charge in [-0.2, -0.15) is 0 Å². The molecule has 9 nitrogen and oxygen atoms in total. The molecule has 1 atom stereocenters. The molecule has 0 saturated heterocycles. The topological polar surface area (TPSA) is 140 Å². The van der Waals surface area contributed by atoms with E-state index in [-0.39, 0.29) is 24.6 Å². The van der Waals surface area contributed by atoms with Crippen molar-refractivity contribution in [2.24, 2.45) is 5.41 Å². The van der Waals surface area contributed by atoms with Gasteiger partial charge in [-0.3, -0.25) is 20.4 Å². The molecule has 0 bridgehead atoms. The number of amides is 2. The standard InChI is InChI=1S/C25H28ClFN4O5S/c1-5-21(32)30-18-13-37(34,35)20-11-17(27)16(22(28)36-24(29)25(2,3)4)10-19(20)31(23(18)33)12-14-6-8-15(26)9-7-14/h6-11,18,28-29H,5,12-13H2,1-4H3,(H,30,32)/t18-/m0/s1. The Morgan fingerprint density at radius 3 is 2.41 bits per heavy atom. The van der Waals surface area contributed by atoms with Gasteiger partial charge in [0.15, 0.2) is 15.7 Å². The van der Waals surface area contributed by atoms with Crippen LogP contribution in [0.25, 0.3) is 0 Å². The Morgan fingerprint density at radius 2 is 1.84 bits per heavy atom. The van der Waals surface area contributed by atoms with Crippen molar-refractivity contribution < 1.29 is 27.1 Å². The molecule has 0 unspecified atom stereocenters. The molecule has 1 heterocycles. The first kappa shape index (κ1) is 28.3. The number of ether oxygens (including phenoxy) is 1. The Balaban J connectivity index is 2.17. The van der Waals surface area contributed by atoms with Crippen LogP contribution in [0, 0.1) is 22.1 Å². The third kappa shape index (κ3) is 6.34. The number of anilines is 1. The van der Waals surface area contributed by atoms with E-state index in [1.807, 2.05) is 0 Å². The van der Waals surface area contributed by atoms with E-state index < -0.39 is 61.0 Å². The van der Waals surface area contributed by atoms with Crippen LogP contribution in [-0.4, -0.2) is 43.8 Å². The van der Waals surface area contributed by atoms with Gasteiger partial charge in [-0.1, -0.05) is 51.4 Å². The number of hydrogen-bond donors (Lipinski definition) is 3. The van der Waals surface area contributed by atoms with Crippen molar-refractivity contribution in [3.8, 4) is 0 Å². The second kappa shape index (κ2) is 10.6. The van der Waals surface area contributed by atoms with E-state index in [0.717, 1.165) is 17.0 Å². The van der Waals surface area contributed by atoms with Crippen molar-refractivity contribution in [3.63, 3.8) is 0 Å². The Bertz CT molecular complexity index is 1370. The fourth-order valence-corrected chi connectivity index (χ4v) is 5.25. The van der Waals surface area contributed by atoms with E-state index in [1.165, 1.54) is 0 Å². The summed E-state index contributed by atoms with van der Waals surface area (Å²) in [5.41, 5.74) is -0.762. The number of carbonyl (C=O) groups is 2. The van der Waals surface area contributed by atoms with Crippen LogP contribution >= 0.6 is 11.6 Å². The zero-order valence-electron chi connectivity index (χ0n) is 20.8. The third-order valence-electron chi connectivity index (χ3n) is 5.66. The van der Waals surface area contributed by atoms with E-state index in [9.17, 15) is 18.0 Å². The van der Waals surface area contributed by atoms with Crippen LogP contribution in [0.4, 0.5) is 10.1 Å². The lowest BCUT2D eigenvalue weighted by Gasteiger charge is -2.26. The summed E-state index contributed by atoms with van der Waals surface area (Å²) in [6, 6.07) is 6.88. The largest absolute Gasteiger partial charge is 0.425 e. The van der Waals surface area contributed by atoms with E-state index in [4.69, 9.17) is 27.2 Å². The lowest BCUT2D eigenvalue weighted by Crippen LogP contribution is -2.50. The molecule has 0 spiro atoms. The van der Waals surface area contributed by atoms with Gasteiger partial charge < -0.3 is 15.0 Å². The van der Waals surface area contributed by atoms with Gasteiger partial charge in [-0.25, -0.2) is 12.8 Å². The van der Waals surface area contributed by atoms with Crippen LogP contribution in [0.1, 0.15) is 45.2 Å². The molecule has 0 aliphatic carbocycles. The summed E-state index contributed by atoms with van der Waals surface area (Å²) < 4.78 is 46.9. The number of benzene rings is 2. The summed E-state index contributed by atoms with van der Waals surface area (Å²) in [6.07, 6.45) is 0.0287. The number of carbonyl (C=O) groups excluding carboxylic acids is 2. The predicted octanol–water partition coefficient (Wildman–Crippen LogP) is 4.06. The minimum Gasteiger partial charge on any atom is -0.425 e. The quantitative estimate of drug-likeness (QED) is 0.380. The number of halogens is 2. The Morgan fingerprint density at radius 1 is 1.22 bits per heavy atom. The van der Waals surface area contributed by atoms with Crippen molar-refractivity contribution in [2.45, 2.75) is 51.6 Å². The molecule has 12 heteroatoms. The van der Waals surface area contributed by atoms with Crippen molar-refractivity contribution in [1.82, 2.24) is 5.32 Å². The molecule has 198 valence electrons. The first-order chi connectivity index (χ1) is 17.1. The maximum Gasteiger partial charge on any atom is 0.250 e. The molecule has 0 aromatic heterocycles.